The molecule has 0 unspecified atom stereocenters. The highest BCUT2D eigenvalue weighted by Crippen LogP contribution is 2.38. The molecule has 5 N–H and O–H groups in total. The lowest BCUT2D eigenvalue weighted by Gasteiger charge is -2.40. The minimum atomic E-state index is -0.515. The first-order chi connectivity index (χ1) is 13.9. The molecule has 29 heavy (non-hydrogen) atoms. The fourth-order valence-corrected chi connectivity index (χ4v) is 4.41. The van der Waals surface area contributed by atoms with Gasteiger partial charge < -0.3 is 21.7 Å². The second kappa shape index (κ2) is 7.54. The van der Waals surface area contributed by atoms with E-state index in [9.17, 15) is 14.4 Å². The molecule has 3 atom stereocenters. The summed E-state index contributed by atoms with van der Waals surface area (Å²) in [7, 11) is 0. The Morgan fingerprint density at radius 2 is 1.41 bits per heavy atom. The van der Waals surface area contributed by atoms with E-state index in [1.165, 1.54) is 6.20 Å². The summed E-state index contributed by atoms with van der Waals surface area (Å²) in [6.07, 6.45) is 5.27. The van der Waals surface area contributed by atoms with Crippen LogP contribution in [0.5, 0.6) is 0 Å². The number of aromatic nitrogens is 1. The van der Waals surface area contributed by atoms with E-state index >= 15 is 0 Å². The van der Waals surface area contributed by atoms with E-state index in [1.807, 2.05) is 6.07 Å². The minimum Gasteiger partial charge on any atom is -0.366 e. The monoisotopic (exact) mass is 393 g/mol. The van der Waals surface area contributed by atoms with Crippen molar-refractivity contribution in [1.82, 2.24) is 10.3 Å². The number of fused-ring (bicyclic) bond motifs is 2. The van der Waals surface area contributed by atoms with E-state index in [0.717, 1.165) is 31.5 Å². The van der Waals surface area contributed by atoms with Crippen molar-refractivity contribution in [1.29, 1.82) is 0 Å². The van der Waals surface area contributed by atoms with Crippen LogP contribution >= 0.6 is 0 Å². The summed E-state index contributed by atoms with van der Waals surface area (Å²) in [5.41, 5.74) is 11.8. The molecule has 0 aliphatic carbocycles. The van der Waals surface area contributed by atoms with Gasteiger partial charge in [0.25, 0.3) is 5.91 Å². The van der Waals surface area contributed by atoms with Crippen molar-refractivity contribution in [2.45, 2.75) is 43.8 Å². The number of amides is 3. The first-order valence-corrected chi connectivity index (χ1v) is 9.67. The highest BCUT2D eigenvalue weighted by atomic mass is 16.2. The molecule has 3 heterocycles. The number of nitrogens with zero attached hydrogens (tertiary/aromatic N) is 2. The van der Waals surface area contributed by atoms with Crippen LogP contribution in [0.3, 0.4) is 0 Å². The summed E-state index contributed by atoms with van der Waals surface area (Å²) in [6, 6.07) is 10.6. The van der Waals surface area contributed by atoms with Crippen LogP contribution in [0, 0.1) is 0 Å². The molecule has 1 aromatic carbocycles. The second-order valence-corrected chi connectivity index (χ2v) is 7.64. The molecule has 0 spiro atoms. The second-order valence-electron chi connectivity index (χ2n) is 7.64. The van der Waals surface area contributed by atoms with Crippen molar-refractivity contribution in [2.75, 3.05) is 4.90 Å². The number of piperidine rings is 1. The van der Waals surface area contributed by atoms with E-state index in [4.69, 9.17) is 11.5 Å². The quantitative estimate of drug-likeness (QED) is 0.703. The summed E-state index contributed by atoms with van der Waals surface area (Å²) in [4.78, 5) is 41.7. The maximum atomic E-state index is 12.6. The predicted molar refractivity (Wildman–Crippen MR) is 107 cm³/mol. The first kappa shape index (κ1) is 18.9. The van der Waals surface area contributed by atoms with Gasteiger partial charge in [0.1, 0.15) is 5.82 Å². The van der Waals surface area contributed by atoms with Crippen LogP contribution in [0.4, 0.5) is 5.82 Å². The van der Waals surface area contributed by atoms with Crippen molar-refractivity contribution in [3.8, 4) is 0 Å². The third kappa shape index (κ3) is 3.78. The lowest BCUT2D eigenvalue weighted by molar-refractivity contribution is 0.0924. The molecule has 150 valence electrons. The van der Waals surface area contributed by atoms with Crippen molar-refractivity contribution in [3.63, 3.8) is 0 Å². The van der Waals surface area contributed by atoms with Gasteiger partial charge in [0.05, 0.1) is 5.56 Å². The molecule has 3 amide bonds. The molecule has 0 radical (unpaired) electrons. The van der Waals surface area contributed by atoms with E-state index in [0.29, 0.717) is 28.8 Å². The van der Waals surface area contributed by atoms with Crippen molar-refractivity contribution >= 4 is 23.5 Å². The molecular formula is C21H23N5O3. The standard InChI is InChI=1S/C21H23N5O3/c22-19(27)12-1-3-13(4-2-12)21(29)25-15-9-16-6-7-17(10-15)26(16)18-8-5-14(11-24-18)20(23)28/h1-5,8,11,15-17H,6-7,9-10H2,(H2,22,27)(H2,23,28)(H,25,29)/t15-,16+,17-. The number of hydrogen-bond acceptors (Lipinski definition) is 5. The maximum absolute atomic E-state index is 12.6. The van der Waals surface area contributed by atoms with Crippen molar-refractivity contribution < 1.29 is 14.4 Å². The number of primary amides is 2. The van der Waals surface area contributed by atoms with E-state index in [-0.39, 0.29) is 11.9 Å². The molecular weight excluding hydrogens is 370 g/mol. The van der Waals surface area contributed by atoms with E-state index in [2.05, 4.69) is 15.2 Å². The number of benzene rings is 1. The van der Waals surface area contributed by atoms with Crippen LogP contribution < -0.4 is 21.7 Å². The largest absolute Gasteiger partial charge is 0.366 e. The molecule has 2 fully saturated rings. The zero-order valence-corrected chi connectivity index (χ0v) is 15.9. The summed E-state index contributed by atoms with van der Waals surface area (Å²) in [6.45, 7) is 0. The van der Waals surface area contributed by atoms with Crippen LogP contribution in [-0.2, 0) is 0 Å². The summed E-state index contributed by atoms with van der Waals surface area (Å²) < 4.78 is 0. The molecule has 8 heteroatoms. The van der Waals surface area contributed by atoms with Gasteiger partial charge in [-0.1, -0.05) is 0 Å². The third-order valence-electron chi connectivity index (χ3n) is 5.80. The number of carbonyl (C=O) groups is 3. The predicted octanol–water partition coefficient (Wildman–Crippen LogP) is 1.21. The van der Waals surface area contributed by atoms with Gasteiger partial charge in [-0.15, -0.1) is 0 Å². The number of nitrogens with one attached hydrogen (secondary N) is 1. The Labute approximate surface area is 168 Å². The average Bonchev–Trinajstić information content (AvgIpc) is 2.98. The number of anilines is 1. The molecule has 2 aliphatic heterocycles. The number of pyridine rings is 1. The molecule has 0 saturated carbocycles. The topological polar surface area (TPSA) is 131 Å². The molecule has 1 aromatic heterocycles. The van der Waals surface area contributed by atoms with Gasteiger partial charge in [-0.2, -0.15) is 0 Å². The Balaban J connectivity index is 1.41. The number of carbonyl (C=O) groups excluding carboxylic acids is 3. The Morgan fingerprint density at radius 3 is 1.93 bits per heavy atom. The molecule has 4 rings (SSSR count). The molecule has 2 aromatic rings. The van der Waals surface area contributed by atoms with Gasteiger partial charge in [-0.3, -0.25) is 14.4 Å². The van der Waals surface area contributed by atoms with Crippen LogP contribution in [0.25, 0.3) is 0 Å². The van der Waals surface area contributed by atoms with Gasteiger partial charge in [-0.05, 0) is 62.1 Å². The Morgan fingerprint density at radius 1 is 0.862 bits per heavy atom. The van der Waals surface area contributed by atoms with Gasteiger partial charge in [0.2, 0.25) is 11.8 Å². The normalized spacial score (nSPS) is 22.9. The van der Waals surface area contributed by atoms with E-state index in [1.54, 1.807) is 30.3 Å². The van der Waals surface area contributed by atoms with Crippen molar-refractivity contribution in [2.24, 2.45) is 11.5 Å². The van der Waals surface area contributed by atoms with Gasteiger partial charge in [0.15, 0.2) is 0 Å². The highest BCUT2D eigenvalue weighted by molar-refractivity contribution is 5.97. The van der Waals surface area contributed by atoms with Crippen LogP contribution in [-0.4, -0.2) is 40.8 Å². The Bertz CT molecular complexity index is 928. The van der Waals surface area contributed by atoms with Crippen molar-refractivity contribution in [3.05, 3.63) is 59.3 Å². The Kier molecular flexibility index (Phi) is 4.92. The zero-order valence-electron chi connectivity index (χ0n) is 15.9. The molecule has 8 nitrogen and oxygen atoms in total. The number of hydrogen-bond donors (Lipinski definition) is 3. The highest BCUT2D eigenvalue weighted by Gasteiger charge is 2.41. The minimum absolute atomic E-state index is 0.0805. The first-order valence-electron chi connectivity index (χ1n) is 9.67. The smallest absolute Gasteiger partial charge is 0.251 e. The number of nitrogens with two attached hydrogens (primary N) is 2. The summed E-state index contributed by atoms with van der Waals surface area (Å²) in [5, 5.41) is 3.12. The zero-order chi connectivity index (χ0) is 20.5. The summed E-state index contributed by atoms with van der Waals surface area (Å²) in [5.74, 6) is -0.312. The SMILES string of the molecule is NC(=O)c1ccc(C(=O)N[C@H]2C[C@H]3CC[C@@H](C2)N3c2ccc(C(N)=O)cn2)cc1. The lowest BCUT2D eigenvalue weighted by atomic mass is 9.96. The fraction of sp³-hybridized carbons (Fsp3) is 0.333. The average molecular weight is 393 g/mol. The number of rotatable bonds is 5. The maximum Gasteiger partial charge on any atom is 0.251 e. The summed E-state index contributed by atoms with van der Waals surface area (Å²) >= 11 is 0. The van der Waals surface area contributed by atoms with Crippen LogP contribution in [0.1, 0.15) is 56.8 Å². The molecule has 2 bridgehead atoms. The molecule has 2 aliphatic rings. The van der Waals surface area contributed by atoms with Crippen LogP contribution in [0.15, 0.2) is 42.6 Å². The lowest BCUT2D eigenvalue weighted by Crippen LogP contribution is -2.50. The Hall–Kier alpha value is -3.42. The third-order valence-corrected chi connectivity index (χ3v) is 5.80. The van der Waals surface area contributed by atoms with Gasteiger partial charge in [-0.25, -0.2) is 4.98 Å². The van der Waals surface area contributed by atoms with Crippen LogP contribution in [0.2, 0.25) is 0 Å². The van der Waals surface area contributed by atoms with Gasteiger partial charge >= 0.3 is 0 Å². The fourth-order valence-electron chi connectivity index (χ4n) is 4.41. The molecule has 2 saturated heterocycles. The van der Waals surface area contributed by atoms with Gasteiger partial charge in [0, 0.05) is 35.4 Å². The van der Waals surface area contributed by atoms with E-state index < -0.39 is 11.8 Å².